The van der Waals surface area contributed by atoms with Crippen LogP contribution in [0.3, 0.4) is 0 Å². The van der Waals surface area contributed by atoms with Crippen LogP contribution < -0.4 is 15.4 Å². The first-order valence-corrected chi connectivity index (χ1v) is 15.5. The Hall–Kier alpha value is -3.34. The van der Waals surface area contributed by atoms with E-state index >= 15 is 0 Å². The maximum atomic E-state index is 13.6. The standard InChI is InChI=1S/C31H40N4O5S/c1-30(2)21-31(3,37)16-7-5-6-8-17-40-28-23(18-32-4)10-9-11-25(28)35-29(36)27-20-33-19-26(34-27)22-12-14-24(15-13-22)41(30,38)39/h9-15,19-20,32,37H,5-8,16-18,21H2,1-4H3,(H,35,36). The van der Waals surface area contributed by atoms with Crippen LogP contribution in [0.5, 0.6) is 5.75 Å². The van der Waals surface area contributed by atoms with Gasteiger partial charge in [0.25, 0.3) is 5.91 Å². The van der Waals surface area contributed by atoms with E-state index in [1.165, 1.54) is 12.4 Å². The summed E-state index contributed by atoms with van der Waals surface area (Å²) in [6.45, 7) is 6.08. The van der Waals surface area contributed by atoms with E-state index in [9.17, 15) is 18.3 Å². The fourth-order valence-corrected chi connectivity index (χ4v) is 6.98. The van der Waals surface area contributed by atoms with Crippen LogP contribution in [0.1, 0.15) is 75.3 Å². The molecule has 2 aromatic carbocycles. The van der Waals surface area contributed by atoms with Crippen molar-refractivity contribution in [2.24, 2.45) is 0 Å². The van der Waals surface area contributed by atoms with Gasteiger partial charge in [-0.2, -0.15) is 0 Å². The van der Waals surface area contributed by atoms with Crippen LogP contribution in [0.15, 0.2) is 59.8 Å². The lowest BCUT2D eigenvalue weighted by Gasteiger charge is -2.33. The molecule has 5 rings (SSSR count). The molecule has 10 heteroatoms. The van der Waals surface area contributed by atoms with Crippen molar-refractivity contribution in [3.05, 3.63) is 66.1 Å². The van der Waals surface area contributed by atoms with Crippen molar-refractivity contribution in [3.8, 4) is 17.0 Å². The Bertz CT molecular complexity index is 1470. The molecular weight excluding hydrogens is 540 g/mol. The van der Waals surface area contributed by atoms with Crippen LogP contribution >= 0.6 is 0 Å². The van der Waals surface area contributed by atoms with E-state index in [-0.39, 0.29) is 17.0 Å². The minimum absolute atomic E-state index is 0.112. The number of amides is 1. The lowest BCUT2D eigenvalue weighted by Crippen LogP contribution is -2.41. The number of carbonyl (C=O) groups is 1. The molecule has 3 aromatic rings. The maximum Gasteiger partial charge on any atom is 0.275 e. The number of nitrogens with zero attached hydrogens (tertiary/aromatic N) is 2. The Morgan fingerprint density at radius 1 is 1.00 bits per heavy atom. The minimum Gasteiger partial charge on any atom is -0.491 e. The van der Waals surface area contributed by atoms with E-state index in [2.05, 4.69) is 20.6 Å². The van der Waals surface area contributed by atoms with Gasteiger partial charge in [-0.05, 0) is 65.3 Å². The molecule has 0 aliphatic carbocycles. The molecule has 0 fully saturated rings. The summed E-state index contributed by atoms with van der Waals surface area (Å²) >= 11 is 0. The minimum atomic E-state index is -3.75. The molecule has 2 aliphatic rings. The molecule has 4 bridgehead atoms. The van der Waals surface area contributed by atoms with Gasteiger partial charge in [0.15, 0.2) is 9.84 Å². The number of sulfone groups is 1. The van der Waals surface area contributed by atoms with Crippen molar-refractivity contribution in [3.63, 3.8) is 0 Å². The van der Waals surface area contributed by atoms with Gasteiger partial charge in [0.05, 0.1) is 45.6 Å². The van der Waals surface area contributed by atoms with E-state index in [4.69, 9.17) is 4.74 Å². The highest BCUT2D eigenvalue weighted by Gasteiger charge is 2.41. The summed E-state index contributed by atoms with van der Waals surface area (Å²) in [4.78, 5) is 22.1. The third-order valence-electron chi connectivity index (χ3n) is 7.43. The topological polar surface area (TPSA) is 131 Å². The second-order valence-electron chi connectivity index (χ2n) is 11.5. The van der Waals surface area contributed by atoms with Crippen LogP contribution in [0.25, 0.3) is 11.3 Å². The average Bonchev–Trinajstić information content (AvgIpc) is 2.93. The van der Waals surface area contributed by atoms with Crippen molar-refractivity contribution >= 4 is 21.4 Å². The Kier molecular flexibility index (Phi) is 9.46. The number of hydrogen-bond donors (Lipinski definition) is 3. The second kappa shape index (κ2) is 12.7. The van der Waals surface area contributed by atoms with Crippen LogP contribution in [0.2, 0.25) is 0 Å². The van der Waals surface area contributed by atoms with Crippen LogP contribution in [-0.2, 0) is 16.4 Å². The molecule has 9 nitrogen and oxygen atoms in total. The molecule has 0 saturated heterocycles. The van der Waals surface area contributed by atoms with Gasteiger partial charge in [-0.1, -0.05) is 43.5 Å². The number of carbonyl (C=O) groups excluding carboxylic acids is 1. The number of aliphatic hydroxyl groups is 1. The van der Waals surface area contributed by atoms with Gasteiger partial charge in [0.1, 0.15) is 11.4 Å². The summed E-state index contributed by atoms with van der Waals surface area (Å²) in [6, 6.07) is 12.0. The number of fused-ring (bicyclic) bond motifs is 13. The lowest BCUT2D eigenvalue weighted by atomic mass is 9.88. The highest BCUT2D eigenvalue weighted by atomic mass is 32.2. The molecule has 1 aromatic heterocycles. The number of rotatable bonds is 2. The zero-order valence-electron chi connectivity index (χ0n) is 24.2. The van der Waals surface area contributed by atoms with E-state index < -0.39 is 26.1 Å². The van der Waals surface area contributed by atoms with Crippen molar-refractivity contribution in [1.29, 1.82) is 0 Å². The van der Waals surface area contributed by atoms with Crippen molar-refractivity contribution < 1.29 is 23.1 Å². The monoisotopic (exact) mass is 580 g/mol. The summed E-state index contributed by atoms with van der Waals surface area (Å²) in [5.41, 5.74) is 1.52. The quantitative estimate of drug-likeness (QED) is 0.379. The molecule has 0 spiro atoms. The Morgan fingerprint density at radius 2 is 1.71 bits per heavy atom. The highest BCUT2D eigenvalue weighted by Crippen LogP contribution is 2.36. The number of hydrogen-bond acceptors (Lipinski definition) is 8. The number of nitrogens with one attached hydrogen (secondary N) is 2. The zero-order chi connectivity index (χ0) is 29.7. The summed E-state index contributed by atoms with van der Waals surface area (Å²) in [7, 11) is -1.89. The van der Waals surface area contributed by atoms with Crippen molar-refractivity contribution in [2.45, 2.75) is 81.1 Å². The Morgan fingerprint density at radius 3 is 2.44 bits per heavy atom. The zero-order valence-corrected chi connectivity index (χ0v) is 25.1. The van der Waals surface area contributed by atoms with E-state index in [0.717, 1.165) is 31.2 Å². The molecule has 1 atom stereocenters. The predicted molar refractivity (Wildman–Crippen MR) is 160 cm³/mol. The molecule has 1 amide bonds. The van der Waals surface area contributed by atoms with Gasteiger partial charge < -0.3 is 20.5 Å². The van der Waals surface area contributed by atoms with E-state index in [1.54, 1.807) is 51.1 Å². The van der Waals surface area contributed by atoms with Gasteiger partial charge in [0, 0.05) is 17.7 Å². The first-order chi connectivity index (χ1) is 19.4. The van der Waals surface area contributed by atoms with Crippen LogP contribution in [-0.4, -0.2) is 53.4 Å². The molecule has 0 saturated carbocycles. The summed E-state index contributed by atoms with van der Waals surface area (Å²) in [6.07, 6.45) is 6.88. The largest absolute Gasteiger partial charge is 0.491 e. The van der Waals surface area contributed by atoms with Gasteiger partial charge in [-0.3, -0.25) is 9.78 Å². The fourth-order valence-electron chi connectivity index (χ4n) is 5.34. The van der Waals surface area contributed by atoms with Gasteiger partial charge in [-0.25, -0.2) is 13.4 Å². The fraction of sp³-hybridized carbons (Fsp3) is 0.452. The third kappa shape index (κ3) is 7.30. The van der Waals surface area contributed by atoms with E-state index in [1.807, 2.05) is 19.2 Å². The molecule has 3 heterocycles. The summed E-state index contributed by atoms with van der Waals surface area (Å²) < 4.78 is 32.1. The van der Waals surface area contributed by atoms with E-state index in [0.29, 0.717) is 42.3 Å². The first-order valence-electron chi connectivity index (χ1n) is 14.0. The third-order valence-corrected chi connectivity index (χ3v) is 9.92. The number of aromatic nitrogens is 2. The summed E-state index contributed by atoms with van der Waals surface area (Å²) in [5, 5.41) is 17.2. The number of ether oxygens (including phenoxy) is 1. The van der Waals surface area contributed by atoms with Crippen molar-refractivity contribution in [2.75, 3.05) is 19.0 Å². The molecule has 220 valence electrons. The number of para-hydroxylation sites is 1. The van der Waals surface area contributed by atoms with Gasteiger partial charge in [0.2, 0.25) is 0 Å². The van der Waals surface area contributed by atoms with Gasteiger partial charge >= 0.3 is 0 Å². The first kappa shape index (κ1) is 30.6. The summed E-state index contributed by atoms with van der Waals surface area (Å²) in [5.74, 6) is 0.185. The Balaban J connectivity index is 1.70. The Labute approximate surface area is 242 Å². The average molecular weight is 581 g/mol. The molecule has 1 unspecified atom stereocenters. The molecular formula is C31H40N4O5S. The molecule has 0 radical (unpaired) electrons. The maximum absolute atomic E-state index is 13.6. The number of benzene rings is 2. The van der Waals surface area contributed by atoms with Crippen LogP contribution in [0.4, 0.5) is 5.69 Å². The molecule has 41 heavy (non-hydrogen) atoms. The normalized spacial score (nSPS) is 21.4. The van der Waals surface area contributed by atoms with Crippen LogP contribution in [0, 0.1) is 0 Å². The van der Waals surface area contributed by atoms with Gasteiger partial charge in [-0.15, -0.1) is 0 Å². The molecule has 3 N–H and O–H groups in total. The smallest absolute Gasteiger partial charge is 0.275 e. The predicted octanol–water partition coefficient (Wildman–Crippen LogP) is 5.15. The lowest BCUT2D eigenvalue weighted by molar-refractivity contribution is 0.0308. The SMILES string of the molecule is CNCc1cccc2c1OCCCCCCC(C)(O)CC(C)(C)S(=O)(=O)c1ccc(cc1)-c1cncc(n1)C(=O)N2. The highest BCUT2D eigenvalue weighted by molar-refractivity contribution is 7.92. The molecule has 2 aliphatic heterocycles. The van der Waals surface area contributed by atoms with Crippen molar-refractivity contribution in [1.82, 2.24) is 15.3 Å². The second-order valence-corrected chi connectivity index (χ2v) is 14.1. The number of anilines is 1.